The first-order chi connectivity index (χ1) is 6.64. The molecule has 1 fully saturated rings. The Labute approximate surface area is 85.0 Å². The molecule has 2 nitrogen and oxygen atoms in total. The third-order valence-corrected chi connectivity index (χ3v) is 2.77. The molecule has 1 saturated carbocycles. The zero-order valence-corrected chi connectivity index (χ0v) is 8.55. The molecule has 0 radical (unpaired) electrons. The quantitative estimate of drug-likeness (QED) is 0.534. The fraction of sp³-hybridized carbons (Fsp3) is 0.583. The highest BCUT2D eigenvalue weighted by Gasteiger charge is 2.40. The van der Waals surface area contributed by atoms with E-state index in [0.717, 1.165) is 12.8 Å². The van der Waals surface area contributed by atoms with Crippen molar-refractivity contribution < 1.29 is 9.90 Å². The van der Waals surface area contributed by atoms with E-state index in [0.29, 0.717) is 12.8 Å². The second kappa shape index (κ2) is 4.43. The Hall–Kier alpha value is -1.07. The molecule has 0 saturated heterocycles. The topological polar surface area (TPSA) is 37.3 Å². The first-order valence-corrected chi connectivity index (χ1v) is 4.94. The van der Waals surface area contributed by atoms with Crippen LogP contribution in [-0.2, 0) is 4.79 Å². The van der Waals surface area contributed by atoms with Crippen molar-refractivity contribution in [2.24, 2.45) is 5.92 Å². The second-order valence-electron chi connectivity index (χ2n) is 3.71. The van der Waals surface area contributed by atoms with Crippen molar-refractivity contribution in [1.82, 2.24) is 0 Å². The molecule has 14 heavy (non-hydrogen) atoms. The molecule has 1 N–H and O–H groups in total. The molecule has 0 spiro atoms. The molecule has 1 aliphatic carbocycles. The fourth-order valence-corrected chi connectivity index (χ4v) is 1.85. The maximum Gasteiger partial charge on any atom is 0.172 e. The zero-order valence-electron chi connectivity index (χ0n) is 8.55. The summed E-state index contributed by atoms with van der Waals surface area (Å²) >= 11 is 0. The van der Waals surface area contributed by atoms with E-state index < -0.39 is 5.60 Å². The van der Waals surface area contributed by atoms with Crippen LogP contribution < -0.4 is 0 Å². The molecule has 76 valence electrons. The largest absolute Gasteiger partial charge is 0.378 e. The van der Waals surface area contributed by atoms with E-state index in [1.165, 1.54) is 6.08 Å². The smallest absolute Gasteiger partial charge is 0.172 e. The molecule has 2 heteroatoms. The van der Waals surface area contributed by atoms with Gasteiger partial charge in [-0.3, -0.25) is 4.79 Å². The van der Waals surface area contributed by atoms with Gasteiger partial charge in [-0.15, -0.1) is 11.8 Å². The summed E-state index contributed by atoms with van der Waals surface area (Å²) in [5.74, 6) is 5.44. The summed E-state index contributed by atoms with van der Waals surface area (Å²) < 4.78 is 0. The Morgan fingerprint density at radius 1 is 1.79 bits per heavy atom. The predicted octanol–water partition coefficient (Wildman–Crippen LogP) is 1.69. The van der Waals surface area contributed by atoms with Gasteiger partial charge < -0.3 is 5.11 Å². The molecule has 0 heterocycles. The minimum Gasteiger partial charge on any atom is -0.378 e. The molecular formula is C12H16O2. The summed E-state index contributed by atoms with van der Waals surface area (Å²) in [6.45, 7) is 5.27. The van der Waals surface area contributed by atoms with Gasteiger partial charge >= 0.3 is 0 Å². The number of rotatable bonds is 2. The third kappa shape index (κ3) is 2.05. The van der Waals surface area contributed by atoms with Crippen molar-refractivity contribution in [3.05, 3.63) is 12.7 Å². The Morgan fingerprint density at radius 2 is 2.50 bits per heavy atom. The number of carbonyl (C=O) groups excluding carboxylic acids is 1. The molecule has 1 unspecified atom stereocenters. The van der Waals surface area contributed by atoms with Gasteiger partial charge in [-0.05, 0) is 26.2 Å². The molecule has 0 aliphatic heterocycles. The summed E-state index contributed by atoms with van der Waals surface area (Å²) in [7, 11) is 0. The van der Waals surface area contributed by atoms with Crippen LogP contribution in [0, 0.1) is 17.8 Å². The monoisotopic (exact) mass is 192 g/mol. The first kappa shape index (κ1) is 11.0. The van der Waals surface area contributed by atoms with Crippen LogP contribution in [-0.4, -0.2) is 16.5 Å². The van der Waals surface area contributed by atoms with Gasteiger partial charge in [0, 0.05) is 12.3 Å². The van der Waals surface area contributed by atoms with E-state index in [-0.39, 0.29) is 11.7 Å². The molecule has 2 atom stereocenters. The van der Waals surface area contributed by atoms with Crippen molar-refractivity contribution in [3.8, 4) is 11.8 Å². The Balaban J connectivity index is 2.74. The van der Waals surface area contributed by atoms with E-state index in [1.807, 2.05) is 0 Å². The van der Waals surface area contributed by atoms with Gasteiger partial charge in [-0.25, -0.2) is 0 Å². The molecule has 0 bridgehead atoms. The van der Waals surface area contributed by atoms with Crippen molar-refractivity contribution in [2.45, 2.75) is 38.2 Å². The summed E-state index contributed by atoms with van der Waals surface area (Å²) in [6, 6.07) is 0. The molecule has 1 rings (SSSR count). The lowest BCUT2D eigenvalue weighted by molar-refractivity contribution is -0.140. The van der Waals surface area contributed by atoms with Crippen LogP contribution in [0.3, 0.4) is 0 Å². The maximum absolute atomic E-state index is 11.8. The minimum absolute atomic E-state index is 0.110. The normalized spacial score (nSPS) is 31.9. The van der Waals surface area contributed by atoms with Crippen LogP contribution in [0.2, 0.25) is 0 Å². The van der Waals surface area contributed by atoms with E-state index >= 15 is 0 Å². The molecular weight excluding hydrogens is 176 g/mol. The average molecular weight is 192 g/mol. The lowest BCUT2D eigenvalue weighted by Gasteiger charge is -2.32. The van der Waals surface area contributed by atoms with Gasteiger partial charge in [0.15, 0.2) is 5.78 Å². The van der Waals surface area contributed by atoms with Crippen molar-refractivity contribution in [1.29, 1.82) is 0 Å². The molecule has 0 amide bonds. The average Bonchev–Trinajstić information content (AvgIpc) is 2.20. The standard InChI is InChI=1S/C12H16O2/c1-3-5-7-10-8-6-9-12(14,4-2)11(10)13/h4,10,14H,2,6-9H2,1H3/t10?,12-/m1/s1. The van der Waals surface area contributed by atoms with Gasteiger partial charge in [0.05, 0.1) is 0 Å². The van der Waals surface area contributed by atoms with Crippen LogP contribution in [0.5, 0.6) is 0 Å². The number of hydrogen-bond acceptors (Lipinski definition) is 2. The number of ketones is 1. The van der Waals surface area contributed by atoms with Gasteiger partial charge in [0.25, 0.3) is 0 Å². The number of aliphatic hydroxyl groups is 1. The molecule has 0 aromatic rings. The van der Waals surface area contributed by atoms with Gasteiger partial charge in [0.2, 0.25) is 0 Å². The molecule has 0 aromatic carbocycles. The Kier molecular flexibility index (Phi) is 3.49. The highest BCUT2D eigenvalue weighted by atomic mass is 16.3. The van der Waals surface area contributed by atoms with Crippen LogP contribution in [0.25, 0.3) is 0 Å². The van der Waals surface area contributed by atoms with Gasteiger partial charge in [-0.1, -0.05) is 12.7 Å². The summed E-state index contributed by atoms with van der Waals surface area (Å²) in [5.41, 5.74) is -1.29. The van der Waals surface area contributed by atoms with E-state index in [4.69, 9.17) is 0 Å². The van der Waals surface area contributed by atoms with E-state index in [9.17, 15) is 9.90 Å². The van der Waals surface area contributed by atoms with E-state index in [1.54, 1.807) is 6.92 Å². The highest BCUT2D eigenvalue weighted by Crippen LogP contribution is 2.31. The SMILES string of the molecule is C=C[C@@]1(O)CCCC(CC#CC)C1=O. The second-order valence-corrected chi connectivity index (χ2v) is 3.71. The number of hydrogen-bond donors (Lipinski definition) is 1. The number of Topliss-reactive ketones (excluding diaryl/α,β-unsaturated/α-hetero) is 1. The van der Waals surface area contributed by atoms with Crippen LogP contribution in [0.15, 0.2) is 12.7 Å². The Morgan fingerprint density at radius 3 is 3.07 bits per heavy atom. The van der Waals surface area contributed by atoms with Crippen LogP contribution in [0.4, 0.5) is 0 Å². The summed E-state index contributed by atoms with van der Waals surface area (Å²) in [4.78, 5) is 11.8. The predicted molar refractivity (Wildman–Crippen MR) is 55.6 cm³/mol. The maximum atomic E-state index is 11.8. The van der Waals surface area contributed by atoms with Crippen LogP contribution >= 0.6 is 0 Å². The van der Waals surface area contributed by atoms with Crippen molar-refractivity contribution in [2.75, 3.05) is 0 Å². The third-order valence-electron chi connectivity index (χ3n) is 2.77. The van der Waals surface area contributed by atoms with Crippen molar-refractivity contribution in [3.63, 3.8) is 0 Å². The fourth-order valence-electron chi connectivity index (χ4n) is 1.85. The summed E-state index contributed by atoms with van der Waals surface area (Å²) in [5, 5.41) is 9.90. The van der Waals surface area contributed by atoms with Gasteiger partial charge in [-0.2, -0.15) is 0 Å². The lowest BCUT2D eigenvalue weighted by Crippen LogP contribution is -2.44. The Bertz CT molecular complexity index is 295. The zero-order chi connectivity index (χ0) is 10.6. The lowest BCUT2D eigenvalue weighted by atomic mass is 9.76. The first-order valence-electron chi connectivity index (χ1n) is 4.94. The van der Waals surface area contributed by atoms with Gasteiger partial charge in [0.1, 0.15) is 5.60 Å². The van der Waals surface area contributed by atoms with Crippen molar-refractivity contribution >= 4 is 5.78 Å². The van der Waals surface area contributed by atoms with E-state index in [2.05, 4.69) is 18.4 Å². The molecule has 1 aliphatic rings. The van der Waals surface area contributed by atoms with Crippen LogP contribution in [0.1, 0.15) is 32.6 Å². The molecule has 0 aromatic heterocycles. The minimum atomic E-state index is -1.29. The number of carbonyl (C=O) groups is 1. The summed E-state index contributed by atoms with van der Waals surface area (Å²) in [6.07, 6.45) is 4.13. The highest BCUT2D eigenvalue weighted by molar-refractivity contribution is 5.91.